The van der Waals surface area contributed by atoms with Crippen molar-refractivity contribution in [2.45, 2.75) is 58.0 Å². The first-order valence-corrected chi connectivity index (χ1v) is 14.1. The lowest BCUT2D eigenvalue weighted by Crippen LogP contribution is -2.49. The summed E-state index contributed by atoms with van der Waals surface area (Å²) in [6.07, 6.45) is 5.77. The summed E-state index contributed by atoms with van der Waals surface area (Å²) >= 11 is 0. The van der Waals surface area contributed by atoms with Crippen molar-refractivity contribution in [3.8, 4) is 5.75 Å². The van der Waals surface area contributed by atoms with Crippen LogP contribution in [0.25, 0.3) is 10.9 Å². The van der Waals surface area contributed by atoms with Crippen molar-refractivity contribution in [1.82, 2.24) is 30.1 Å². The van der Waals surface area contributed by atoms with E-state index >= 15 is 0 Å². The summed E-state index contributed by atoms with van der Waals surface area (Å²) in [6.45, 7) is 7.41. The number of nitrogens with one attached hydrogen (secondary N) is 1. The van der Waals surface area contributed by atoms with Crippen molar-refractivity contribution in [2.24, 2.45) is 0 Å². The van der Waals surface area contributed by atoms with Crippen LogP contribution in [0.4, 0.5) is 5.69 Å². The van der Waals surface area contributed by atoms with Crippen molar-refractivity contribution >= 4 is 16.6 Å². The van der Waals surface area contributed by atoms with Gasteiger partial charge in [0.1, 0.15) is 11.8 Å². The van der Waals surface area contributed by atoms with Crippen LogP contribution in [0.3, 0.4) is 0 Å². The van der Waals surface area contributed by atoms with Crippen LogP contribution in [0.15, 0.2) is 47.3 Å². The Morgan fingerprint density at radius 1 is 0.974 bits per heavy atom. The number of aryl methyl sites for hydroxylation is 2. The molecule has 39 heavy (non-hydrogen) atoms. The second kappa shape index (κ2) is 10.8. The van der Waals surface area contributed by atoms with Crippen LogP contribution in [0.2, 0.25) is 0 Å². The summed E-state index contributed by atoms with van der Waals surface area (Å²) in [5, 5.41) is 14.2. The smallest absolute Gasteiger partial charge is 0.253 e. The number of tetrazole rings is 1. The maximum atomic E-state index is 13.7. The number of H-pyrrole nitrogens is 1. The first-order valence-electron chi connectivity index (χ1n) is 14.1. The van der Waals surface area contributed by atoms with Crippen molar-refractivity contribution in [3.05, 3.63) is 75.3 Å². The highest BCUT2D eigenvalue weighted by Gasteiger charge is 2.34. The molecule has 6 rings (SSSR count). The Kier molecular flexibility index (Phi) is 7.08. The monoisotopic (exact) mass is 527 g/mol. The van der Waals surface area contributed by atoms with E-state index in [9.17, 15) is 4.79 Å². The molecule has 0 amide bonds. The average Bonchev–Trinajstić information content (AvgIpc) is 3.46. The summed E-state index contributed by atoms with van der Waals surface area (Å²) in [7, 11) is 1.69. The van der Waals surface area contributed by atoms with Crippen molar-refractivity contribution in [1.29, 1.82) is 0 Å². The molecule has 1 N–H and O–H groups in total. The molecule has 1 saturated heterocycles. The van der Waals surface area contributed by atoms with Crippen LogP contribution in [0.1, 0.15) is 66.7 Å². The lowest BCUT2D eigenvalue weighted by molar-refractivity contribution is 0.192. The first-order chi connectivity index (χ1) is 19.0. The largest absolute Gasteiger partial charge is 0.497 e. The summed E-state index contributed by atoms with van der Waals surface area (Å²) < 4.78 is 7.35. The van der Waals surface area contributed by atoms with Crippen LogP contribution >= 0.6 is 0 Å². The summed E-state index contributed by atoms with van der Waals surface area (Å²) in [5.41, 5.74) is 4.98. The molecule has 2 aromatic heterocycles. The Morgan fingerprint density at radius 3 is 2.44 bits per heavy atom. The lowest BCUT2D eigenvalue weighted by atomic mass is 9.94. The maximum absolute atomic E-state index is 13.7. The number of hydrogen-bond donors (Lipinski definition) is 1. The minimum Gasteiger partial charge on any atom is -0.497 e. The zero-order valence-electron chi connectivity index (χ0n) is 23.1. The molecule has 204 valence electrons. The van der Waals surface area contributed by atoms with E-state index in [1.54, 1.807) is 7.11 Å². The topological polar surface area (TPSA) is 92.2 Å². The fraction of sp³-hybridized carbons (Fsp3) is 0.467. The molecule has 1 atom stereocenters. The number of aromatic amines is 1. The number of aromatic nitrogens is 5. The fourth-order valence-electron chi connectivity index (χ4n) is 6.24. The molecule has 0 spiro atoms. The number of nitrogens with zero attached hydrogens (tertiary/aromatic N) is 6. The van der Waals surface area contributed by atoms with Gasteiger partial charge in [-0.05, 0) is 84.0 Å². The van der Waals surface area contributed by atoms with Gasteiger partial charge in [-0.1, -0.05) is 31.4 Å². The van der Waals surface area contributed by atoms with Gasteiger partial charge in [-0.3, -0.25) is 9.69 Å². The van der Waals surface area contributed by atoms with Gasteiger partial charge >= 0.3 is 0 Å². The molecule has 1 aliphatic heterocycles. The van der Waals surface area contributed by atoms with Gasteiger partial charge in [0.2, 0.25) is 0 Å². The van der Waals surface area contributed by atoms with Gasteiger partial charge in [-0.15, -0.1) is 5.10 Å². The van der Waals surface area contributed by atoms with Crippen molar-refractivity contribution < 1.29 is 4.74 Å². The minimum absolute atomic E-state index is 0.0722. The first kappa shape index (κ1) is 25.6. The van der Waals surface area contributed by atoms with E-state index < -0.39 is 0 Å². The molecule has 2 aromatic carbocycles. The molecule has 1 aliphatic carbocycles. The molecule has 4 aromatic rings. The van der Waals surface area contributed by atoms with Crippen LogP contribution in [-0.2, 0) is 0 Å². The van der Waals surface area contributed by atoms with Gasteiger partial charge in [-0.2, -0.15) is 0 Å². The number of hydrogen-bond acceptors (Lipinski definition) is 7. The second-order valence-electron chi connectivity index (χ2n) is 10.9. The third kappa shape index (κ3) is 4.91. The molecule has 9 heteroatoms. The number of benzene rings is 2. The van der Waals surface area contributed by atoms with E-state index in [1.165, 1.54) is 30.5 Å². The average molecular weight is 528 g/mol. The van der Waals surface area contributed by atoms with Crippen LogP contribution in [0, 0.1) is 13.8 Å². The normalized spacial score (nSPS) is 18.0. The Labute approximate surface area is 228 Å². The van der Waals surface area contributed by atoms with E-state index in [1.807, 2.05) is 16.8 Å². The summed E-state index contributed by atoms with van der Waals surface area (Å²) in [4.78, 5) is 21.7. The van der Waals surface area contributed by atoms with Gasteiger partial charge in [0.15, 0.2) is 5.82 Å². The Balaban J connectivity index is 1.37. The Morgan fingerprint density at radius 2 is 1.72 bits per heavy atom. The van der Waals surface area contributed by atoms with Gasteiger partial charge in [0, 0.05) is 37.4 Å². The van der Waals surface area contributed by atoms with Gasteiger partial charge in [-0.25, -0.2) is 4.68 Å². The second-order valence-corrected chi connectivity index (χ2v) is 10.9. The molecule has 0 bridgehead atoms. The number of ether oxygens (including phenoxy) is 1. The Bertz CT molecular complexity index is 1500. The zero-order chi connectivity index (χ0) is 26.9. The molecular weight excluding hydrogens is 490 g/mol. The molecule has 9 nitrogen and oxygen atoms in total. The molecular formula is C30H37N7O2. The van der Waals surface area contributed by atoms with E-state index in [0.29, 0.717) is 5.56 Å². The van der Waals surface area contributed by atoms with Crippen LogP contribution < -0.4 is 15.2 Å². The molecule has 2 fully saturated rings. The highest BCUT2D eigenvalue weighted by molar-refractivity contribution is 5.83. The highest BCUT2D eigenvalue weighted by atomic mass is 16.5. The Hall–Kier alpha value is -3.72. The van der Waals surface area contributed by atoms with Gasteiger partial charge in [0.05, 0.1) is 18.7 Å². The number of rotatable bonds is 6. The molecule has 3 heterocycles. The van der Waals surface area contributed by atoms with E-state index in [4.69, 9.17) is 4.74 Å². The van der Waals surface area contributed by atoms with Crippen molar-refractivity contribution in [2.75, 3.05) is 38.2 Å². The quantitative estimate of drug-likeness (QED) is 0.393. The predicted molar refractivity (Wildman–Crippen MR) is 153 cm³/mol. The maximum Gasteiger partial charge on any atom is 0.253 e. The number of pyridine rings is 1. The fourth-order valence-corrected chi connectivity index (χ4v) is 6.24. The van der Waals surface area contributed by atoms with Crippen molar-refractivity contribution in [3.63, 3.8) is 0 Å². The third-order valence-electron chi connectivity index (χ3n) is 8.67. The van der Waals surface area contributed by atoms with Crippen LogP contribution in [-0.4, -0.2) is 63.4 Å². The van der Waals surface area contributed by atoms with Gasteiger partial charge in [0.25, 0.3) is 5.56 Å². The predicted octanol–water partition coefficient (Wildman–Crippen LogP) is 4.56. The highest BCUT2D eigenvalue weighted by Crippen LogP contribution is 2.34. The number of methoxy groups -OCH3 is 1. The van der Waals surface area contributed by atoms with E-state index in [0.717, 1.165) is 67.1 Å². The summed E-state index contributed by atoms with van der Waals surface area (Å²) in [6, 6.07) is 14.4. The number of anilines is 1. The molecule has 1 saturated carbocycles. The van der Waals surface area contributed by atoms with Gasteiger partial charge < -0.3 is 14.6 Å². The van der Waals surface area contributed by atoms with E-state index in [-0.39, 0.29) is 17.6 Å². The standard InChI is InChI=1S/C30H37N7O2/c1-20-9-10-22-19-26(30(38)31-27(22)21(20)2)28(29-32-33-34-37(29)24-7-5-4-6-8-24)36-17-15-35(16-18-36)23-11-13-25(39-3)14-12-23/h9-14,19,24,28H,4-8,15-18H2,1-3H3,(H,31,38)/t28-/m1/s1. The third-order valence-corrected chi connectivity index (χ3v) is 8.67. The minimum atomic E-state index is -0.324. The lowest BCUT2D eigenvalue weighted by Gasteiger charge is -2.40. The summed E-state index contributed by atoms with van der Waals surface area (Å²) in [5.74, 6) is 1.63. The number of piperazine rings is 1. The molecule has 0 radical (unpaired) electrons. The zero-order valence-corrected chi connectivity index (χ0v) is 23.1. The molecule has 0 unspecified atom stereocenters. The SMILES string of the molecule is COc1ccc(N2CCN([C@H](c3cc4ccc(C)c(C)c4[nH]c3=O)c3nnnn3C3CCCCC3)CC2)cc1. The molecule has 2 aliphatic rings. The van der Waals surface area contributed by atoms with E-state index in [2.05, 4.69) is 74.5 Å². The van der Waals surface area contributed by atoms with Crippen LogP contribution in [0.5, 0.6) is 5.75 Å². The number of fused-ring (bicyclic) bond motifs is 1.